The van der Waals surface area contributed by atoms with Gasteiger partial charge >= 0.3 is 5.97 Å². The molecule has 0 spiro atoms. The molecule has 2 rings (SSSR count). The number of rotatable bonds is 4. The van der Waals surface area contributed by atoms with Gasteiger partial charge in [0.25, 0.3) is 5.69 Å². The Morgan fingerprint density at radius 3 is 2.75 bits per heavy atom. The monoisotopic (exact) mass is 276 g/mol. The normalized spacial score (nSPS) is 17.8. The summed E-state index contributed by atoms with van der Waals surface area (Å²) in [6.07, 6.45) is 6.89. The molecule has 2 N–H and O–H groups in total. The number of nitro benzene ring substituents is 1. The van der Waals surface area contributed by atoms with E-state index >= 15 is 0 Å². The maximum absolute atomic E-state index is 11.1. The van der Waals surface area contributed by atoms with Crippen molar-refractivity contribution in [1.29, 1.82) is 0 Å². The first-order valence-corrected chi connectivity index (χ1v) is 6.43. The predicted molar refractivity (Wildman–Crippen MR) is 75.2 cm³/mol. The lowest BCUT2D eigenvalue weighted by molar-refractivity contribution is -0.385. The molecular formula is C14H16N2O4. The number of nitro groups is 1. The Kier molecular flexibility index (Phi) is 4.02. The van der Waals surface area contributed by atoms with Crippen LogP contribution in [0.15, 0.2) is 24.3 Å². The van der Waals surface area contributed by atoms with E-state index in [1.165, 1.54) is 6.07 Å². The van der Waals surface area contributed by atoms with E-state index in [1.807, 2.05) is 0 Å². The second-order valence-corrected chi connectivity index (χ2v) is 4.86. The number of anilines is 1. The van der Waals surface area contributed by atoms with Gasteiger partial charge in [0.2, 0.25) is 0 Å². The van der Waals surface area contributed by atoms with Crippen LogP contribution in [0.5, 0.6) is 0 Å². The zero-order valence-electron chi connectivity index (χ0n) is 11.1. The third kappa shape index (κ3) is 2.96. The number of nitrogens with one attached hydrogen (secondary N) is 1. The number of aromatic carboxylic acids is 1. The SMILES string of the molecule is Cc1c(NC2CC=CCC2)cc(C(=O)O)cc1[N+](=O)[O-]. The highest BCUT2D eigenvalue weighted by Crippen LogP contribution is 2.29. The molecule has 6 heteroatoms. The molecule has 1 aliphatic rings. The largest absolute Gasteiger partial charge is 0.478 e. The molecule has 0 heterocycles. The Morgan fingerprint density at radius 2 is 2.20 bits per heavy atom. The fraction of sp³-hybridized carbons (Fsp3) is 0.357. The van der Waals surface area contributed by atoms with Gasteiger partial charge in [-0.3, -0.25) is 10.1 Å². The number of carboxylic acids is 1. The highest BCUT2D eigenvalue weighted by atomic mass is 16.6. The van der Waals surface area contributed by atoms with Crippen molar-refractivity contribution in [3.05, 3.63) is 45.5 Å². The predicted octanol–water partition coefficient (Wildman–Crippen LogP) is 3.12. The lowest BCUT2D eigenvalue weighted by atomic mass is 10.00. The molecule has 0 saturated carbocycles. The van der Waals surface area contributed by atoms with Crippen molar-refractivity contribution in [1.82, 2.24) is 0 Å². The smallest absolute Gasteiger partial charge is 0.336 e. The third-order valence-electron chi connectivity index (χ3n) is 3.45. The summed E-state index contributed by atoms with van der Waals surface area (Å²) in [6.45, 7) is 1.63. The molecule has 0 radical (unpaired) electrons. The minimum absolute atomic E-state index is 0.0730. The summed E-state index contributed by atoms with van der Waals surface area (Å²) in [5, 5.41) is 23.3. The molecule has 0 fully saturated rings. The van der Waals surface area contributed by atoms with Crippen LogP contribution in [-0.2, 0) is 0 Å². The number of benzene rings is 1. The molecule has 0 bridgehead atoms. The van der Waals surface area contributed by atoms with Gasteiger partial charge in [0.1, 0.15) is 0 Å². The second-order valence-electron chi connectivity index (χ2n) is 4.86. The lowest BCUT2D eigenvalue weighted by Crippen LogP contribution is -2.21. The summed E-state index contributed by atoms with van der Waals surface area (Å²) >= 11 is 0. The quantitative estimate of drug-likeness (QED) is 0.500. The number of hydrogen-bond acceptors (Lipinski definition) is 4. The van der Waals surface area contributed by atoms with E-state index in [1.54, 1.807) is 6.92 Å². The highest BCUT2D eigenvalue weighted by Gasteiger charge is 2.20. The molecular weight excluding hydrogens is 260 g/mol. The number of carboxylic acid groups (broad SMARTS) is 1. The van der Waals surface area contributed by atoms with Crippen molar-refractivity contribution >= 4 is 17.3 Å². The average molecular weight is 276 g/mol. The number of carbonyl (C=O) groups is 1. The summed E-state index contributed by atoms with van der Waals surface area (Å²) in [4.78, 5) is 21.5. The Hall–Kier alpha value is -2.37. The summed E-state index contributed by atoms with van der Waals surface area (Å²) in [5.74, 6) is -1.17. The molecule has 106 valence electrons. The van der Waals surface area contributed by atoms with Crippen LogP contribution in [0.25, 0.3) is 0 Å². The van der Waals surface area contributed by atoms with E-state index in [0.29, 0.717) is 11.3 Å². The average Bonchev–Trinajstić information content (AvgIpc) is 2.41. The topological polar surface area (TPSA) is 92.5 Å². The zero-order valence-corrected chi connectivity index (χ0v) is 11.1. The summed E-state index contributed by atoms with van der Waals surface area (Å²) in [6, 6.07) is 2.74. The minimum atomic E-state index is -1.17. The Labute approximate surface area is 116 Å². The molecule has 0 saturated heterocycles. The van der Waals surface area contributed by atoms with Gasteiger partial charge in [-0.1, -0.05) is 12.2 Å². The maximum atomic E-state index is 11.1. The molecule has 0 amide bonds. The van der Waals surface area contributed by atoms with Gasteiger partial charge in [0, 0.05) is 23.4 Å². The van der Waals surface area contributed by atoms with Crippen LogP contribution in [0.1, 0.15) is 35.2 Å². The van der Waals surface area contributed by atoms with Crippen LogP contribution in [-0.4, -0.2) is 22.0 Å². The Bertz CT molecular complexity index is 581. The van der Waals surface area contributed by atoms with Crippen molar-refractivity contribution in [2.24, 2.45) is 0 Å². The summed E-state index contributed by atoms with van der Waals surface area (Å²) in [7, 11) is 0. The molecule has 1 aromatic carbocycles. The molecule has 1 aromatic rings. The van der Waals surface area contributed by atoms with Crippen LogP contribution >= 0.6 is 0 Å². The van der Waals surface area contributed by atoms with Gasteiger partial charge in [0.05, 0.1) is 10.5 Å². The van der Waals surface area contributed by atoms with Gasteiger partial charge in [-0.25, -0.2) is 4.79 Å². The van der Waals surface area contributed by atoms with Crippen molar-refractivity contribution in [3.63, 3.8) is 0 Å². The first-order valence-electron chi connectivity index (χ1n) is 6.43. The van der Waals surface area contributed by atoms with Crippen LogP contribution in [0.3, 0.4) is 0 Å². The summed E-state index contributed by atoms with van der Waals surface area (Å²) < 4.78 is 0. The van der Waals surface area contributed by atoms with Crippen LogP contribution in [0.4, 0.5) is 11.4 Å². The molecule has 6 nitrogen and oxygen atoms in total. The van der Waals surface area contributed by atoms with E-state index in [2.05, 4.69) is 17.5 Å². The fourth-order valence-corrected chi connectivity index (χ4v) is 2.31. The van der Waals surface area contributed by atoms with Crippen molar-refractivity contribution in [3.8, 4) is 0 Å². The standard InChI is InChI=1S/C14H16N2O4/c1-9-12(15-11-5-3-2-4-6-11)7-10(14(17)18)8-13(9)16(19)20/h2-3,7-8,11,15H,4-6H2,1H3,(H,17,18). The minimum Gasteiger partial charge on any atom is -0.478 e. The van der Waals surface area contributed by atoms with E-state index in [0.717, 1.165) is 25.3 Å². The van der Waals surface area contributed by atoms with E-state index < -0.39 is 10.9 Å². The summed E-state index contributed by atoms with van der Waals surface area (Å²) in [5.41, 5.74) is 0.751. The molecule has 1 atom stereocenters. The molecule has 0 aliphatic heterocycles. The van der Waals surface area contributed by atoms with E-state index in [-0.39, 0.29) is 17.3 Å². The molecule has 0 aromatic heterocycles. The van der Waals surface area contributed by atoms with Gasteiger partial charge in [0.15, 0.2) is 0 Å². The van der Waals surface area contributed by atoms with Gasteiger partial charge in [-0.05, 0) is 32.3 Å². The van der Waals surface area contributed by atoms with Gasteiger partial charge < -0.3 is 10.4 Å². The first-order chi connectivity index (χ1) is 9.49. The maximum Gasteiger partial charge on any atom is 0.336 e. The zero-order chi connectivity index (χ0) is 14.7. The molecule has 20 heavy (non-hydrogen) atoms. The third-order valence-corrected chi connectivity index (χ3v) is 3.45. The van der Waals surface area contributed by atoms with E-state index in [4.69, 9.17) is 5.11 Å². The van der Waals surface area contributed by atoms with Crippen molar-refractivity contribution in [2.75, 3.05) is 5.32 Å². The van der Waals surface area contributed by atoms with Crippen LogP contribution in [0.2, 0.25) is 0 Å². The van der Waals surface area contributed by atoms with Crippen LogP contribution in [0, 0.1) is 17.0 Å². The first kappa shape index (κ1) is 14.0. The fourth-order valence-electron chi connectivity index (χ4n) is 2.31. The Balaban J connectivity index is 2.37. The van der Waals surface area contributed by atoms with Crippen molar-refractivity contribution < 1.29 is 14.8 Å². The van der Waals surface area contributed by atoms with Crippen LogP contribution < -0.4 is 5.32 Å². The molecule has 1 unspecified atom stereocenters. The number of allylic oxidation sites excluding steroid dienone is 1. The van der Waals surface area contributed by atoms with Crippen molar-refractivity contribution in [2.45, 2.75) is 32.2 Å². The van der Waals surface area contributed by atoms with E-state index in [9.17, 15) is 14.9 Å². The lowest BCUT2D eigenvalue weighted by Gasteiger charge is -2.22. The highest BCUT2D eigenvalue weighted by molar-refractivity contribution is 5.90. The van der Waals surface area contributed by atoms with Gasteiger partial charge in [-0.2, -0.15) is 0 Å². The second kappa shape index (κ2) is 5.73. The molecule has 1 aliphatic carbocycles. The Morgan fingerprint density at radius 1 is 1.45 bits per heavy atom. The number of hydrogen-bond donors (Lipinski definition) is 2. The number of nitrogens with zero attached hydrogens (tertiary/aromatic N) is 1. The van der Waals surface area contributed by atoms with Gasteiger partial charge in [-0.15, -0.1) is 0 Å².